The molecule has 5 saturated carbocycles. The molecule has 0 aromatic heterocycles. The first kappa shape index (κ1) is 32.1. The molecule has 10 heteroatoms. The maximum Gasteiger partial charge on any atom is 0.302 e. The Bertz CT molecular complexity index is 1360. The second kappa shape index (κ2) is 9.52. The SMILES string of the molecule is CC(=O)O[C@@H]1C[C@@]23C[C@@]24CC[C@H](O[C@@H]2OC[C@@H](O)[C@H](O)[C@H]2O)C(C)(C)[C@H]4CC[C@H]3[C@]2(C)C[C@@H]3O[C@]4(C[C@@H](C)[C@@H]3[C@@]12C)OC[C@@]1(C)O[C@@H]41. The van der Waals surface area contributed by atoms with Gasteiger partial charge < -0.3 is 43.7 Å². The molecule has 0 aromatic rings. The number of carbonyl (C=O) groups excluding carboxylic acids is 1. The van der Waals surface area contributed by atoms with Crippen LogP contribution in [0.25, 0.3) is 0 Å². The highest BCUT2D eigenvalue weighted by Gasteiger charge is 2.86. The Morgan fingerprint density at radius 3 is 2.30 bits per heavy atom. The van der Waals surface area contributed by atoms with Crippen LogP contribution in [0.5, 0.6) is 0 Å². The van der Waals surface area contributed by atoms with Gasteiger partial charge in [-0.25, -0.2) is 0 Å². The van der Waals surface area contributed by atoms with Crippen LogP contribution >= 0.6 is 0 Å². The van der Waals surface area contributed by atoms with Crippen LogP contribution in [0.3, 0.4) is 0 Å². The van der Waals surface area contributed by atoms with Crippen molar-refractivity contribution in [3.05, 3.63) is 0 Å². The van der Waals surface area contributed by atoms with Crippen molar-refractivity contribution in [1.82, 2.24) is 0 Å². The van der Waals surface area contributed by atoms with E-state index in [0.717, 1.165) is 51.4 Å². The van der Waals surface area contributed by atoms with Crippen LogP contribution in [-0.4, -0.2) is 94.9 Å². The van der Waals surface area contributed by atoms with Gasteiger partial charge in [-0.1, -0.05) is 34.6 Å². The fourth-order valence-corrected chi connectivity index (χ4v) is 14.6. The summed E-state index contributed by atoms with van der Waals surface area (Å²) in [6.45, 7) is 16.1. The van der Waals surface area contributed by atoms with Gasteiger partial charge in [-0.3, -0.25) is 4.79 Å². The van der Waals surface area contributed by atoms with Crippen molar-refractivity contribution in [3.8, 4) is 0 Å². The van der Waals surface area contributed by atoms with Crippen molar-refractivity contribution < 1.29 is 48.5 Å². The van der Waals surface area contributed by atoms with E-state index in [-0.39, 0.29) is 75.6 Å². The van der Waals surface area contributed by atoms with E-state index in [4.69, 9.17) is 28.4 Å². The molecule has 0 bridgehead atoms. The number of esters is 1. The minimum absolute atomic E-state index is 0.00697. The average molecular weight is 661 g/mol. The van der Waals surface area contributed by atoms with Gasteiger partial charge >= 0.3 is 5.97 Å². The lowest BCUT2D eigenvalue weighted by atomic mass is 9.41. The van der Waals surface area contributed by atoms with E-state index in [0.29, 0.717) is 24.4 Å². The summed E-state index contributed by atoms with van der Waals surface area (Å²) in [6, 6.07) is 0. The first-order chi connectivity index (χ1) is 22.0. The van der Waals surface area contributed by atoms with Crippen LogP contribution in [0.15, 0.2) is 0 Å². The zero-order valence-corrected chi connectivity index (χ0v) is 29.2. The molecule has 10 nitrogen and oxygen atoms in total. The Morgan fingerprint density at radius 2 is 1.62 bits per heavy atom. The number of hydrogen-bond donors (Lipinski definition) is 3. The number of epoxide rings is 1. The molecule has 18 atom stereocenters. The van der Waals surface area contributed by atoms with E-state index in [1.54, 1.807) is 6.92 Å². The van der Waals surface area contributed by atoms with E-state index in [2.05, 4.69) is 41.5 Å². The number of ether oxygens (including phenoxy) is 6. The number of aliphatic hydroxyl groups is 3. The third-order valence-corrected chi connectivity index (χ3v) is 16.6. The molecular formula is C37H56O10. The molecule has 0 amide bonds. The molecule has 47 heavy (non-hydrogen) atoms. The third kappa shape index (κ3) is 3.78. The van der Waals surface area contributed by atoms with Crippen molar-refractivity contribution >= 4 is 5.97 Å². The number of carbonyl (C=O) groups is 1. The van der Waals surface area contributed by atoms with Crippen molar-refractivity contribution in [1.29, 1.82) is 0 Å². The lowest BCUT2D eigenvalue weighted by molar-refractivity contribution is -0.309. The molecule has 5 aliphatic carbocycles. The highest BCUT2D eigenvalue weighted by molar-refractivity contribution is 5.66. The monoisotopic (exact) mass is 660 g/mol. The fourth-order valence-electron chi connectivity index (χ4n) is 14.6. The molecule has 4 saturated heterocycles. The highest BCUT2D eigenvalue weighted by Crippen LogP contribution is 2.89. The Labute approximate surface area is 278 Å². The maximum atomic E-state index is 12.9. The summed E-state index contributed by atoms with van der Waals surface area (Å²) < 4.78 is 38.4. The maximum absolute atomic E-state index is 12.9. The van der Waals surface area contributed by atoms with Gasteiger partial charge in [-0.15, -0.1) is 0 Å². The molecule has 9 aliphatic rings. The zero-order chi connectivity index (χ0) is 33.3. The van der Waals surface area contributed by atoms with Crippen LogP contribution in [0.4, 0.5) is 0 Å². The van der Waals surface area contributed by atoms with Crippen molar-refractivity contribution in [2.24, 2.45) is 50.7 Å². The Hall–Kier alpha value is -0.850. The Kier molecular flexibility index (Phi) is 6.50. The molecule has 264 valence electrons. The smallest absolute Gasteiger partial charge is 0.302 e. The molecule has 3 N–H and O–H groups in total. The first-order valence-corrected chi connectivity index (χ1v) is 18.5. The van der Waals surface area contributed by atoms with Crippen molar-refractivity contribution in [3.63, 3.8) is 0 Å². The van der Waals surface area contributed by atoms with E-state index >= 15 is 0 Å². The minimum Gasteiger partial charge on any atom is -0.462 e. The Balaban J connectivity index is 1.03. The van der Waals surface area contributed by atoms with Gasteiger partial charge in [-0.2, -0.15) is 0 Å². The molecule has 4 heterocycles. The molecular weight excluding hydrogens is 604 g/mol. The summed E-state index contributed by atoms with van der Waals surface area (Å²) >= 11 is 0. The highest BCUT2D eigenvalue weighted by atomic mass is 16.8. The van der Waals surface area contributed by atoms with Gasteiger partial charge in [0, 0.05) is 18.8 Å². The Morgan fingerprint density at radius 1 is 0.872 bits per heavy atom. The number of hydrogen-bond acceptors (Lipinski definition) is 10. The zero-order valence-electron chi connectivity index (χ0n) is 29.2. The second-order valence-electron chi connectivity index (χ2n) is 18.9. The van der Waals surface area contributed by atoms with Crippen LogP contribution < -0.4 is 0 Å². The normalized spacial score (nSPS) is 62.8. The fraction of sp³-hybridized carbons (Fsp3) is 0.973. The van der Waals surface area contributed by atoms with Crippen LogP contribution in [0.2, 0.25) is 0 Å². The van der Waals surface area contributed by atoms with E-state index in [1.165, 1.54) is 0 Å². The molecule has 4 aliphatic heterocycles. The average Bonchev–Trinajstić information content (AvgIpc) is 3.81. The van der Waals surface area contributed by atoms with Crippen LogP contribution in [-0.2, 0) is 33.2 Å². The number of aliphatic hydroxyl groups excluding tert-OH is 3. The standard InChI is InChI=1S/C37H56O10/c1-18-12-37(30-33(6,47-30)17-43-37)46-21-13-32(5)23-9-8-22-31(3,4)24(45-29-28(41)27(40)20(39)15-42-29)10-11-35(22)16-36(23,35)14-25(44-19(2)38)34(32,7)26(18)21/h18,20-30,39-41H,8-17H2,1-7H3/t18-,20-,21+,22-,23+,24+,25-,26+,27+,28-,29+,30-,32+,33-,34-,35-,36+,37+/m1/s1. The predicted molar refractivity (Wildman–Crippen MR) is 166 cm³/mol. The van der Waals surface area contributed by atoms with E-state index in [9.17, 15) is 20.1 Å². The third-order valence-electron chi connectivity index (χ3n) is 16.6. The topological polar surface area (TPSA) is 136 Å². The molecule has 0 aromatic carbocycles. The molecule has 0 unspecified atom stereocenters. The number of fused-ring (bicyclic) bond motifs is 6. The summed E-state index contributed by atoms with van der Waals surface area (Å²) in [5, 5.41) is 31.0. The van der Waals surface area contributed by atoms with Crippen LogP contribution in [0, 0.1) is 50.7 Å². The summed E-state index contributed by atoms with van der Waals surface area (Å²) in [5.41, 5.74) is -0.492. The quantitative estimate of drug-likeness (QED) is 0.234. The lowest BCUT2D eigenvalue weighted by Gasteiger charge is -2.65. The second-order valence-corrected chi connectivity index (χ2v) is 18.9. The summed E-state index contributed by atoms with van der Waals surface area (Å²) in [6.07, 6.45) is 2.89. The number of rotatable bonds is 3. The lowest BCUT2D eigenvalue weighted by Crippen LogP contribution is -2.64. The summed E-state index contributed by atoms with van der Waals surface area (Å²) in [7, 11) is 0. The molecule has 9 rings (SSSR count). The van der Waals surface area contributed by atoms with E-state index < -0.39 is 30.4 Å². The predicted octanol–water partition coefficient (Wildman–Crippen LogP) is 3.71. The minimum atomic E-state index is -1.29. The van der Waals surface area contributed by atoms with Gasteiger partial charge in [-0.05, 0) is 97.2 Å². The molecule has 9 fully saturated rings. The molecule has 3 spiro atoms. The van der Waals surface area contributed by atoms with Crippen molar-refractivity contribution in [2.75, 3.05) is 13.2 Å². The van der Waals surface area contributed by atoms with Gasteiger partial charge in [0.2, 0.25) is 0 Å². The molecule has 0 radical (unpaired) electrons. The van der Waals surface area contributed by atoms with Crippen LogP contribution in [0.1, 0.15) is 99.8 Å². The van der Waals surface area contributed by atoms with Gasteiger partial charge in [0.15, 0.2) is 12.1 Å². The summed E-state index contributed by atoms with van der Waals surface area (Å²) in [5.74, 6) is 0.642. The summed E-state index contributed by atoms with van der Waals surface area (Å²) in [4.78, 5) is 12.9. The van der Waals surface area contributed by atoms with Gasteiger partial charge in [0.05, 0.1) is 25.4 Å². The van der Waals surface area contributed by atoms with E-state index in [1.807, 2.05) is 0 Å². The largest absolute Gasteiger partial charge is 0.462 e. The van der Waals surface area contributed by atoms with Crippen molar-refractivity contribution in [2.45, 2.75) is 160 Å². The van der Waals surface area contributed by atoms with Gasteiger partial charge in [0.25, 0.3) is 0 Å². The van der Waals surface area contributed by atoms with Gasteiger partial charge in [0.1, 0.15) is 36.1 Å². The first-order valence-electron chi connectivity index (χ1n) is 18.5.